The third-order valence-electron chi connectivity index (χ3n) is 3.04. The minimum absolute atomic E-state index is 0.299. The molecule has 3 heteroatoms. The molecule has 0 aliphatic heterocycles. The fourth-order valence-electron chi connectivity index (χ4n) is 1.95. The van der Waals surface area contributed by atoms with Crippen LogP contribution in [-0.4, -0.2) is 13.7 Å². The highest BCUT2D eigenvalue weighted by molar-refractivity contribution is 9.10. The molecule has 0 spiro atoms. The van der Waals surface area contributed by atoms with Crippen molar-refractivity contribution in [2.24, 2.45) is 5.73 Å². The first kappa shape index (κ1) is 12.4. The third kappa shape index (κ3) is 2.45. The molecule has 2 rings (SSSR count). The summed E-state index contributed by atoms with van der Waals surface area (Å²) < 4.78 is 6.52. The van der Waals surface area contributed by atoms with Crippen LogP contribution in [0.4, 0.5) is 0 Å². The lowest BCUT2D eigenvalue weighted by atomic mass is 9.96. The van der Waals surface area contributed by atoms with E-state index < -0.39 is 0 Å². The molecule has 0 fully saturated rings. The van der Waals surface area contributed by atoms with Gasteiger partial charge in [-0.2, -0.15) is 0 Å². The maximum absolute atomic E-state index is 5.74. The molecule has 90 valence electrons. The molecular formula is C14H16BrNO. The van der Waals surface area contributed by atoms with E-state index in [4.69, 9.17) is 10.5 Å². The second-order valence-electron chi connectivity index (χ2n) is 4.22. The van der Waals surface area contributed by atoms with Crippen LogP contribution in [-0.2, 0) is 0 Å². The summed E-state index contributed by atoms with van der Waals surface area (Å²) in [6, 6.07) is 10.5. The first-order chi connectivity index (χ1) is 8.15. The average molecular weight is 294 g/mol. The van der Waals surface area contributed by atoms with Gasteiger partial charge in [0.1, 0.15) is 5.75 Å². The highest BCUT2D eigenvalue weighted by atomic mass is 79.9. The first-order valence-electron chi connectivity index (χ1n) is 5.63. The van der Waals surface area contributed by atoms with Crippen LogP contribution >= 0.6 is 15.9 Å². The van der Waals surface area contributed by atoms with E-state index in [1.54, 1.807) is 7.11 Å². The van der Waals surface area contributed by atoms with Crippen molar-refractivity contribution in [3.63, 3.8) is 0 Å². The number of fused-ring (bicyclic) bond motifs is 1. The minimum atomic E-state index is 0.299. The Morgan fingerprint density at radius 2 is 2.00 bits per heavy atom. The van der Waals surface area contributed by atoms with Gasteiger partial charge in [0.25, 0.3) is 0 Å². The van der Waals surface area contributed by atoms with Crippen LogP contribution < -0.4 is 10.5 Å². The van der Waals surface area contributed by atoms with E-state index in [9.17, 15) is 0 Å². The summed E-state index contributed by atoms with van der Waals surface area (Å²) >= 11 is 3.49. The number of hydrogen-bond donors (Lipinski definition) is 1. The number of benzene rings is 2. The molecule has 0 aliphatic carbocycles. The zero-order chi connectivity index (χ0) is 12.4. The molecule has 2 N–H and O–H groups in total. The third-order valence-corrected chi connectivity index (χ3v) is 3.53. The Hall–Kier alpha value is -1.06. The van der Waals surface area contributed by atoms with E-state index in [0.29, 0.717) is 12.5 Å². The lowest BCUT2D eigenvalue weighted by Gasteiger charge is -2.15. The molecule has 0 radical (unpaired) electrons. The van der Waals surface area contributed by atoms with Crippen LogP contribution in [0.1, 0.15) is 18.4 Å². The minimum Gasteiger partial charge on any atom is -0.496 e. The Kier molecular flexibility index (Phi) is 3.69. The molecular weight excluding hydrogens is 278 g/mol. The molecule has 0 aliphatic rings. The molecule has 2 nitrogen and oxygen atoms in total. The van der Waals surface area contributed by atoms with Gasteiger partial charge in [0.05, 0.1) is 7.11 Å². The van der Waals surface area contributed by atoms with Crippen molar-refractivity contribution in [2.75, 3.05) is 13.7 Å². The topological polar surface area (TPSA) is 35.2 Å². The molecule has 0 bridgehead atoms. The van der Waals surface area contributed by atoms with Gasteiger partial charge in [-0.3, -0.25) is 0 Å². The van der Waals surface area contributed by atoms with E-state index in [2.05, 4.69) is 47.1 Å². The van der Waals surface area contributed by atoms with Gasteiger partial charge >= 0.3 is 0 Å². The van der Waals surface area contributed by atoms with Gasteiger partial charge in [-0.15, -0.1) is 0 Å². The molecule has 0 aromatic heterocycles. The lowest BCUT2D eigenvalue weighted by molar-refractivity contribution is 0.407. The van der Waals surface area contributed by atoms with Gasteiger partial charge in [-0.25, -0.2) is 0 Å². The number of hydrogen-bond acceptors (Lipinski definition) is 2. The fraction of sp³-hybridized carbons (Fsp3) is 0.286. The van der Waals surface area contributed by atoms with Crippen LogP contribution in [0.25, 0.3) is 10.8 Å². The van der Waals surface area contributed by atoms with Gasteiger partial charge < -0.3 is 10.5 Å². The van der Waals surface area contributed by atoms with Crippen molar-refractivity contribution in [2.45, 2.75) is 12.8 Å². The van der Waals surface area contributed by atoms with Crippen molar-refractivity contribution in [1.82, 2.24) is 0 Å². The molecule has 1 atom stereocenters. The number of methoxy groups -OCH3 is 1. The molecule has 1 unspecified atom stereocenters. The Labute approximate surface area is 110 Å². The summed E-state index contributed by atoms with van der Waals surface area (Å²) in [4.78, 5) is 0. The van der Waals surface area contributed by atoms with Gasteiger partial charge in [-0.1, -0.05) is 28.9 Å². The molecule has 0 heterocycles. The van der Waals surface area contributed by atoms with E-state index in [-0.39, 0.29) is 0 Å². The number of halogens is 1. The van der Waals surface area contributed by atoms with Crippen molar-refractivity contribution < 1.29 is 4.74 Å². The lowest BCUT2D eigenvalue weighted by Crippen LogP contribution is -2.10. The predicted molar refractivity (Wildman–Crippen MR) is 75.7 cm³/mol. The van der Waals surface area contributed by atoms with Crippen molar-refractivity contribution in [1.29, 1.82) is 0 Å². The Balaban J connectivity index is 2.65. The number of ether oxygens (including phenoxy) is 1. The van der Waals surface area contributed by atoms with Crippen LogP contribution in [0.5, 0.6) is 5.75 Å². The number of rotatable bonds is 3. The summed E-state index contributed by atoms with van der Waals surface area (Å²) in [5.41, 5.74) is 6.90. The Morgan fingerprint density at radius 1 is 1.24 bits per heavy atom. The molecule has 0 amide bonds. The van der Waals surface area contributed by atoms with Crippen molar-refractivity contribution in [3.8, 4) is 5.75 Å². The Morgan fingerprint density at radius 3 is 2.65 bits per heavy atom. The average Bonchev–Trinajstić information content (AvgIpc) is 2.36. The van der Waals surface area contributed by atoms with E-state index >= 15 is 0 Å². The van der Waals surface area contributed by atoms with Crippen molar-refractivity contribution >= 4 is 26.7 Å². The molecule has 2 aromatic rings. The summed E-state index contributed by atoms with van der Waals surface area (Å²) in [5.74, 6) is 1.21. The first-order valence-corrected chi connectivity index (χ1v) is 6.42. The normalized spacial score (nSPS) is 12.7. The van der Waals surface area contributed by atoms with Gasteiger partial charge in [0.2, 0.25) is 0 Å². The molecule has 17 heavy (non-hydrogen) atoms. The van der Waals surface area contributed by atoms with Gasteiger partial charge in [0, 0.05) is 4.47 Å². The van der Waals surface area contributed by atoms with Crippen LogP contribution in [0.15, 0.2) is 34.8 Å². The Bertz CT molecular complexity index is 539. The number of nitrogens with two attached hydrogens (primary N) is 1. The summed E-state index contributed by atoms with van der Waals surface area (Å²) in [6.45, 7) is 2.73. The monoisotopic (exact) mass is 293 g/mol. The van der Waals surface area contributed by atoms with Crippen molar-refractivity contribution in [3.05, 3.63) is 40.4 Å². The zero-order valence-electron chi connectivity index (χ0n) is 10.0. The molecule has 0 saturated heterocycles. The van der Waals surface area contributed by atoms with Gasteiger partial charge in [-0.05, 0) is 53.1 Å². The van der Waals surface area contributed by atoms with E-state index in [1.807, 2.05) is 6.07 Å². The predicted octanol–water partition coefficient (Wildman–Crippen LogP) is 3.67. The standard InChI is InChI=1S/C14H16BrNO/c1-9(8-16)13-6-11-5-12(15)4-3-10(11)7-14(13)17-2/h3-7,9H,8,16H2,1-2H3. The second-order valence-corrected chi connectivity index (χ2v) is 5.14. The fourth-order valence-corrected chi connectivity index (χ4v) is 2.33. The van der Waals surface area contributed by atoms with Gasteiger partial charge in [0.15, 0.2) is 0 Å². The largest absolute Gasteiger partial charge is 0.496 e. The van der Waals surface area contributed by atoms with Crippen LogP contribution in [0.2, 0.25) is 0 Å². The smallest absolute Gasteiger partial charge is 0.123 e. The quantitative estimate of drug-likeness (QED) is 0.937. The highest BCUT2D eigenvalue weighted by Gasteiger charge is 2.11. The van der Waals surface area contributed by atoms with E-state index in [0.717, 1.165) is 10.2 Å². The molecule has 2 aromatic carbocycles. The SMILES string of the molecule is COc1cc2ccc(Br)cc2cc1C(C)CN. The second kappa shape index (κ2) is 5.07. The van der Waals surface area contributed by atoms with Crippen LogP contribution in [0, 0.1) is 0 Å². The molecule has 0 saturated carbocycles. The summed E-state index contributed by atoms with van der Waals surface area (Å²) in [7, 11) is 1.70. The maximum Gasteiger partial charge on any atom is 0.123 e. The van der Waals surface area contributed by atoms with Crippen LogP contribution in [0.3, 0.4) is 0 Å². The summed E-state index contributed by atoms with van der Waals surface area (Å²) in [5, 5.41) is 2.38. The summed E-state index contributed by atoms with van der Waals surface area (Å²) in [6.07, 6.45) is 0. The zero-order valence-corrected chi connectivity index (χ0v) is 11.6. The van der Waals surface area contributed by atoms with E-state index in [1.165, 1.54) is 16.3 Å². The maximum atomic E-state index is 5.74. The highest BCUT2D eigenvalue weighted by Crippen LogP contribution is 2.32.